The van der Waals surface area contributed by atoms with Crippen LogP contribution in [0.25, 0.3) is 10.9 Å². The molecule has 4 aromatic rings. The summed E-state index contributed by atoms with van der Waals surface area (Å²) in [4.78, 5) is 28.1. The van der Waals surface area contributed by atoms with Crippen molar-refractivity contribution in [2.45, 2.75) is 18.9 Å². The van der Waals surface area contributed by atoms with Crippen LogP contribution in [0.15, 0.2) is 77.6 Å². The van der Waals surface area contributed by atoms with E-state index < -0.39 is 0 Å². The average molecular weight is 432 g/mol. The Labute approximate surface area is 183 Å². The number of pyridine rings is 1. The van der Waals surface area contributed by atoms with E-state index in [0.717, 1.165) is 16.5 Å². The van der Waals surface area contributed by atoms with Crippen molar-refractivity contribution in [3.05, 3.63) is 105 Å². The summed E-state index contributed by atoms with van der Waals surface area (Å²) in [5.41, 5.74) is 2.70. The Morgan fingerprint density at radius 1 is 1.00 bits per heavy atom. The molecule has 0 saturated carbocycles. The molecule has 2 heterocycles. The highest BCUT2D eigenvalue weighted by Crippen LogP contribution is 2.40. The van der Waals surface area contributed by atoms with Gasteiger partial charge in [-0.2, -0.15) is 0 Å². The van der Waals surface area contributed by atoms with Gasteiger partial charge < -0.3 is 14.5 Å². The zero-order valence-corrected chi connectivity index (χ0v) is 17.2. The van der Waals surface area contributed by atoms with Gasteiger partial charge in [-0.15, -0.1) is 0 Å². The molecule has 1 aromatic heterocycles. The summed E-state index contributed by atoms with van der Waals surface area (Å²) in [5.74, 6) is 0.303. The van der Waals surface area contributed by atoms with Gasteiger partial charge in [0.1, 0.15) is 18.1 Å². The monoisotopic (exact) mass is 431 g/mol. The minimum Gasteiger partial charge on any atom is -0.489 e. The van der Waals surface area contributed by atoms with E-state index in [0.29, 0.717) is 34.2 Å². The largest absolute Gasteiger partial charge is 0.489 e. The van der Waals surface area contributed by atoms with E-state index in [4.69, 9.17) is 21.1 Å². The molecule has 3 aromatic carbocycles. The Balaban J connectivity index is 1.45. The second kappa shape index (κ2) is 7.93. The van der Waals surface area contributed by atoms with Crippen molar-refractivity contribution in [1.82, 2.24) is 4.98 Å². The van der Waals surface area contributed by atoms with E-state index in [1.165, 1.54) is 0 Å². The number of carbonyl (C=O) groups excluding carboxylic acids is 1. The van der Waals surface area contributed by atoms with Crippen molar-refractivity contribution in [2.75, 3.05) is 0 Å². The number of hydrogen-bond donors (Lipinski definition) is 1. The van der Waals surface area contributed by atoms with E-state index in [2.05, 4.69) is 4.98 Å². The predicted octanol–water partition coefficient (Wildman–Crippen LogP) is 5.20. The molecule has 1 N–H and O–H groups in total. The number of rotatable bonds is 4. The molecule has 0 radical (unpaired) electrons. The van der Waals surface area contributed by atoms with Crippen LogP contribution in [0.2, 0.25) is 5.02 Å². The third kappa shape index (κ3) is 3.80. The van der Waals surface area contributed by atoms with Crippen molar-refractivity contribution in [2.24, 2.45) is 0 Å². The van der Waals surface area contributed by atoms with Gasteiger partial charge in [0.2, 0.25) is 0 Å². The molecule has 0 spiro atoms. The first-order chi connectivity index (χ1) is 15.1. The number of aromatic amines is 1. The van der Waals surface area contributed by atoms with Gasteiger partial charge in [0.05, 0.1) is 17.5 Å². The number of nitrogens with one attached hydrogen (secondary N) is 1. The van der Waals surface area contributed by atoms with E-state index in [1.54, 1.807) is 6.07 Å². The highest BCUT2D eigenvalue weighted by molar-refractivity contribution is 6.30. The Morgan fingerprint density at radius 2 is 1.81 bits per heavy atom. The van der Waals surface area contributed by atoms with Crippen LogP contribution in [0.1, 0.15) is 29.0 Å². The molecule has 154 valence electrons. The summed E-state index contributed by atoms with van der Waals surface area (Å²) in [6.07, 6.45) is 0.108. The van der Waals surface area contributed by atoms with Crippen LogP contribution < -0.4 is 15.0 Å². The average Bonchev–Trinajstić information content (AvgIpc) is 2.77. The normalized spacial score (nSPS) is 15.4. The molecule has 1 atom stereocenters. The number of benzene rings is 3. The molecule has 0 bridgehead atoms. The van der Waals surface area contributed by atoms with E-state index in [1.807, 2.05) is 66.7 Å². The van der Waals surface area contributed by atoms with Crippen LogP contribution in [0.4, 0.5) is 0 Å². The summed E-state index contributed by atoms with van der Waals surface area (Å²) in [6, 6.07) is 22.3. The number of esters is 1. The predicted molar refractivity (Wildman–Crippen MR) is 119 cm³/mol. The van der Waals surface area contributed by atoms with Gasteiger partial charge >= 0.3 is 5.97 Å². The molecule has 31 heavy (non-hydrogen) atoms. The topological polar surface area (TPSA) is 68.4 Å². The lowest BCUT2D eigenvalue weighted by atomic mass is 9.86. The van der Waals surface area contributed by atoms with Gasteiger partial charge in [0.15, 0.2) is 0 Å². The lowest BCUT2D eigenvalue weighted by Gasteiger charge is -2.25. The summed E-state index contributed by atoms with van der Waals surface area (Å²) in [6.45, 7) is 0.393. The summed E-state index contributed by atoms with van der Waals surface area (Å²) in [7, 11) is 0. The fourth-order valence-corrected chi connectivity index (χ4v) is 4.17. The van der Waals surface area contributed by atoms with Crippen LogP contribution in [0, 0.1) is 0 Å². The molecular formula is C25H18ClNO4. The molecular weight excluding hydrogens is 414 g/mol. The van der Waals surface area contributed by atoms with E-state index in [9.17, 15) is 9.59 Å². The number of ether oxygens (including phenoxy) is 2. The lowest BCUT2D eigenvalue weighted by molar-refractivity contribution is -0.135. The molecule has 0 unspecified atom stereocenters. The maximum Gasteiger partial charge on any atom is 0.312 e. The molecule has 1 aliphatic rings. The maximum atomic E-state index is 12.8. The van der Waals surface area contributed by atoms with Gasteiger partial charge in [-0.3, -0.25) is 9.59 Å². The third-order valence-electron chi connectivity index (χ3n) is 5.42. The second-order valence-corrected chi connectivity index (χ2v) is 7.90. The van der Waals surface area contributed by atoms with Crippen LogP contribution in [0.5, 0.6) is 11.5 Å². The van der Waals surface area contributed by atoms with Gasteiger partial charge in [-0.1, -0.05) is 48.0 Å². The minimum atomic E-state index is -0.383. The number of carbonyl (C=O) groups is 1. The molecule has 0 fully saturated rings. The number of hydrogen-bond acceptors (Lipinski definition) is 4. The Morgan fingerprint density at radius 3 is 2.61 bits per heavy atom. The highest BCUT2D eigenvalue weighted by atomic mass is 35.5. The standard InChI is InChI=1S/C25H18ClNO4/c26-17-5-3-4-15(12-17)14-30-18-10-8-16(9-11-18)20-13-22(28)31-24-19-6-1-2-7-21(19)27-25(29)23(20)24/h1-12,20H,13-14H2,(H,27,29)/t20-/m0/s1. The van der Waals surface area contributed by atoms with Gasteiger partial charge in [-0.25, -0.2) is 0 Å². The molecule has 5 nitrogen and oxygen atoms in total. The zero-order valence-electron chi connectivity index (χ0n) is 16.4. The van der Waals surface area contributed by atoms with Crippen LogP contribution in [-0.2, 0) is 11.4 Å². The Hall–Kier alpha value is -3.57. The van der Waals surface area contributed by atoms with Crippen LogP contribution >= 0.6 is 11.6 Å². The molecule has 1 aliphatic heterocycles. The first-order valence-electron chi connectivity index (χ1n) is 9.91. The van der Waals surface area contributed by atoms with Crippen molar-refractivity contribution >= 4 is 28.5 Å². The van der Waals surface area contributed by atoms with Gasteiger partial charge in [0, 0.05) is 16.3 Å². The summed E-state index contributed by atoms with van der Waals surface area (Å²) >= 11 is 6.01. The fraction of sp³-hybridized carbons (Fsp3) is 0.120. The summed E-state index contributed by atoms with van der Waals surface area (Å²) < 4.78 is 11.3. The maximum absolute atomic E-state index is 12.8. The van der Waals surface area contributed by atoms with Crippen LogP contribution in [-0.4, -0.2) is 11.0 Å². The molecule has 0 amide bonds. The van der Waals surface area contributed by atoms with E-state index in [-0.39, 0.29) is 23.9 Å². The fourth-order valence-electron chi connectivity index (χ4n) is 3.95. The number of fused-ring (bicyclic) bond motifs is 3. The molecule has 5 rings (SSSR count). The number of halogens is 1. The number of aromatic nitrogens is 1. The van der Waals surface area contributed by atoms with Gasteiger partial charge in [-0.05, 0) is 47.5 Å². The Bertz CT molecular complexity index is 1340. The summed E-state index contributed by atoms with van der Waals surface area (Å²) in [5, 5.41) is 1.38. The van der Waals surface area contributed by atoms with Gasteiger partial charge in [0.25, 0.3) is 5.56 Å². The smallest absolute Gasteiger partial charge is 0.312 e. The molecule has 6 heteroatoms. The quantitative estimate of drug-likeness (QED) is 0.451. The molecule has 0 aliphatic carbocycles. The minimum absolute atomic E-state index is 0.108. The zero-order chi connectivity index (χ0) is 21.4. The Kier molecular flexibility index (Phi) is 4.96. The van der Waals surface area contributed by atoms with Crippen molar-refractivity contribution in [3.8, 4) is 11.5 Å². The first-order valence-corrected chi connectivity index (χ1v) is 10.3. The number of para-hydroxylation sites is 1. The lowest BCUT2D eigenvalue weighted by Crippen LogP contribution is -2.28. The number of H-pyrrole nitrogens is 1. The van der Waals surface area contributed by atoms with Crippen LogP contribution in [0.3, 0.4) is 0 Å². The SMILES string of the molecule is O=C1C[C@@H](c2ccc(OCc3cccc(Cl)c3)cc2)c2c(c3ccccc3[nH]c2=O)O1. The van der Waals surface area contributed by atoms with Crippen molar-refractivity contribution in [3.63, 3.8) is 0 Å². The third-order valence-corrected chi connectivity index (χ3v) is 5.66. The molecule has 0 saturated heterocycles. The second-order valence-electron chi connectivity index (χ2n) is 7.46. The highest BCUT2D eigenvalue weighted by Gasteiger charge is 2.32. The first kappa shape index (κ1) is 19.4. The van der Waals surface area contributed by atoms with E-state index >= 15 is 0 Å². The van der Waals surface area contributed by atoms with Crippen molar-refractivity contribution in [1.29, 1.82) is 0 Å². The van der Waals surface area contributed by atoms with Crippen molar-refractivity contribution < 1.29 is 14.3 Å².